The molecule has 4 rings (SSSR count). The Hall–Kier alpha value is -3.22. The van der Waals surface area contributed by atoms with Gasteiger partial charge in [-0.15, -0.1) is 0 Å². The summed E-state index contributed by atoms with van der Waals surface area (Å²) in [5.74, 6) is 2.38. The van der Waals surface area contributed by atoms with E-state index in [0.717, 1.165) is 16.6 Å². The van der Waals surface area contributed by atoms with Crippen LogP contribution in [0.25, 0.3) is 11.0 Å². The maximum atomic E-state index is 5.98. The van der Waals surface area contributed by atoms with Crippen LogP contribution in [0.4, 0.5) is 5.95 Å². The number of aromatic nitrogens is 2. The lowest BCUT2D eigenvalue weighted by molar-refractivity contribution is 0.310. The van der Waals surface area contributed by atoms with Crippen molar-refractivity contribution in [2.45, 2.75) is 13.1 Å². The van der Waals surface area contributed by atoms with Crippen molar-refractivity contribution in [2.75, 3.05) is 19.0 Å². The molecule has 1 aliphatic rings. The van der Waals surface area contributed by atoms with Gasteiger partial charge in [0.15, 0.2) is 23.6 Å². The van der Waals surface area contributed by atoms with Crippen molar-refractivity contribution < 1.29 is 9.47 Å². The van der Waals surface area contributed by atoms with Gasteiger partial charge >= 0.3 is 0 Å². The molecule has 0 bridgehead atoms. The molecule has 0 amide bonds. The van der Waals surface area contributed by atoms with Gasteiger partial charge in [0, 0.05) is 5.56 Å². The van der Waals surface area contributed by atoms with Crippen LogP contribution in [0.3, 0.4) is 0 Å². The monoisotopic (exact) mass is 337 g/mol. The van der Waals surface area contributed by atoms with Crippen LogP contribution in [-0.2, 0) is 0 Å². The number of nitrogens with two attached hydrogens (primary N) is 1. The van der Waals surface area contributed by atoms with E-state index in [0.29, 0.717) is 30.0 Å². The van der Waals surface area contributed by atoms with Crippen molar-refractivity contribution in [1.82, 2.24) is 9.55 Å². The lowest BCUT2D eigenvalue weighted by Gasteiger charge is -2.24. The van der Waals surface area contributed by atoms with Crippen LogP contribution in [0.2, 0.25) is 0 Å². The number of benzene rings is 2. The van der Waals surface area contributed by atoms with Crippen LogP contribution < -0.4 is 20.5 Å². The molecular weight excluding hydrogens is 318 g/mol. The Morgan fingerprint density at radius 3 is 2.84 bits per heavy atom. The number of nitrogens with one attached hydrogen (secondary N) is 1. The normalized spacial score (nSPS) is 16.1. The van der Waals surface area contributed by atoms with Crippen LogP contribution in [0.1, 0.15) is 18.7 Å². The highest BCUT2D eigenvalue weighted by molar-refractivity contribution is 5.94. The molecule has 0 saturated carbocycles. The highest BCUT2D eigenvalue weighted by atomic mass is 16.5. The molecule has 3 aromatic rings. The minimum absolute atomic E-state index is 0.325. The Kier molecular flexibility index (Phi) is 3.68. The van der Waals surface area contributed by atoms with E-state index in [4.69, 9.17) is 15.2 Å². The van der Waals surface area contributed by atoms with Gasteiger partial charge in [-0.3, -0.25) is 9.88 Å². The molecule has 0 spiro atoms. The SMILES string of the molecule is CCOc1cc([C@@H]2N=C(N)Nc3nc4ccccc4n32)ccc1OC. The van der Waals surface area contributed by atoms with Crippen LogP contribution in [-0.4, -0.2) is 29.2 Å². The lowest BCUT2D eigenvalue weighted by atomic mass is 10.1. The first-order valence-corrected chi connectivity index (χ1v) is 8.09. The second-order valence-electron chi connectivity index (χ2n) is 5.65. The van der Waals surface area contributed by atoms with Crippen LogP contribution in [0.15, 0.2) is 47.5 Å². The first kappa shape index (κ1) is 15.3. The lowest BCUT2D eigenvalue weighted by Crippen LogP contribution is -2.31. The van der Waals surface area contributed by atoms with E-state index in [1.165, 1.54) is 0 Å². The fourth-order valence-electron chi connectivity index (χ4n) is 3.06. The molecule has 7 nitrogen and oxygen atoms in total. The van der Waals surface area contributed by atoms with E-state index in [2.05, 4.69) is 15.3 Å². The summed E-state index contributed by atoms with van der Waals surface area (Å²) in [6.45, 7) is 2.49. The highest BCUT2D eigenvalue weighted by Gasteiger charge is 2.25. The molecule has 7 heteroatoms. The van der Waals surface area contributed by atoms with Crippen molar-refractivity contribution in [3.63, 3.8) is 0 Å². The van der Waals surface area contributed by atoms with Crippen molar-refractivity contribution in [3.05, 3.63) is 48.0 Å². The number of imidazole rings is 1. The Morgan fingerprint density at radius 2 is 2.04 bits per heavy atom. The Morgan fingerprint density at radius 1 is 1.20 bits per heavy atom. The van der Waals surface area contributed by atoms with E-state index in [1.54, 1.807) is 7.11 Å². The van der Waals surface area contributed by atoms with Gasteiger partial charge < -0.3 is 15.2 Å². The summed E-state index contributed by atoms with van der Waals surface area (Å²) in [7, 11) is 1.62. The van der Waals surface area contributed by atoms with E-state index in [9.17, 15) is 0 Å². The van der Waals surface area contributed by atoms with Gasteiger partial charge in [-0.05, 0) is 31.2 Å². The van der Waals surface area contributed by atoms with Gasteiger partial charge in [-0.25, -0.2) is 9.98 Å². The topological polar surface area (TPSA) is 86.7 Å². The second kappa shape index (κ2) is 6.01. The molecule has 1 aromatic heterocycles. The first-order valence-electron chi connectivity index (χ1n) is 8.09. The highest BCUT2D eigenvalue weighted by Crippen LogP contribution is 2.36. The van der Waals surface area contributed by atoms with E-state index < -0.39 is 0 Å². The second-order valence-corrected chi connectivity index (χ2v) is 5.65. The molecule has 128 valence electrons. The summed E-state index contributed by atoms with van der Waals surface area (Å²) in [5.41, 5.74) is 8.80. The zero-order chi connectivity index (χ0) is 17.4. The van der Waals surface area contributed by atoms with Gasteiger partial charge in [0.2, 0.25) is 5.95 Å². The Bertz CT molecular complexity index is 963. The smallest absolute Gasteiger partial charge is 0.212 e. The quantitative estimate of drug-likeness (QED) is 0.764. The summed E-state index contributed by atoms with van der Waals surface area (Å²) in [4.78, 5) is 9.19. The number of para-hydroxylation sites is 2. The average Bonchev–Trinajstić information content (AvgIpc) is 2.99. The third-order valence-electron chi connectivity index (χ3n) is 4.13. The number of nitrogens with zero attached hydrogens (tertiary/aromatic N) is 3. The largest absolute Gasteiger partial charge is 0.493 e. The fraction of sp³-hybridized carbons (Fsp3) is 0.222. The van der Waals surface area contributed by atoms with E-state index in [-0.39, 0.29) is 6.17 Å². The maximum absolute atomic E-state index is 5.98. The summed E-state index contributed by atoms with van der Waals surface area (Å²) < 4.78 is 13.1. The van der Waals surface area contributed by atoms with Crippen molar-refractivity contribution >= 4 is 22.9 Å². The Labute approximate surface area is 145 Å². The molecule has 0 aliphatic carbocycles. The van der Waals surface area contributed by atoms with Crippen LogP contribution >= 0.6 is 0 Å². The number of guanidine groups is 1. The number of aliphatic imine (C=N–C) groups is 1. The molecule has 1 aliphatic heterocycles. The molecule has 0 unspecified atom stereocenters. The molecule has 25 heavy (non-hydrogen) atoms. The molecule has 2 heterocycles. The number of anilines is 1. The molecule has 1 atom stereocenters. The molecular formula is C18H19N5O2. The zero-order valence-corrected chi connectivity index (χ0v) is 14.1. The third-order valence-corrected chi connectivity index (χ3v) is 4.13. The minimum atomic E-state index is -0.325. The summed E-state index contributed by atoms with van der Waals surface area (Å²) in [6.07, 6.45) is -0.325. The fourth-order valence-corrected chi connectivity index (χ4v) is 3.06. The number of hydrogen-bond acceptors (Lipinski definition) is 6. The number of fused-ring (bicyclic) bond motifs is 3. The van der Waals surface area contributed by atoms with Gasteiger partial charge in [-0.1, -0.05) is 18.2 Å². The molecule has 0 fully saturated rings. The Balaban J connectivity index is 1.88. The molecule has 0 radical (unpaired) electrons. The minimum Gasteiger partial charge on any atom is -0.493 e. The zero-order valence-electron chi connectivity index (χ0n) is 14.1. The third kappa shape index (κ3) is 2.53. The number of hydrogen-bond donors (Lipinski definition) is 2. The van der Waals surface area contributed by atoms with E-state index in [1.807, 2.05) is 54.0 Å². The van der Waals surface area contributed by atoms with Crippen LogP contribution in [0, 0.1) is 0 Å². The van der Waals surface area contributed by atoms with Gasteiger partial charge in [-0.2, -0.15) is 0 Å². The predicted octanol–water partition coefficient (Wildman–Crippen LogP) is 2.73. The van der Waals surface area contributed by atoms with Crippen LogP contribution in [0.5, 0.6) is 11.5 Å². The van der Waals surface area contributed by atoms with E-state index >= 15 is 0 Å². The standard InChI is InChI=1S/C18H19N5O2/c1-3-25-15-10-11(8-9-14(15)24-2)16-21-17(19)22-18-20-12-6-4-5-7-13(12)23(16)18/h4-10,16H,3H2,1-2H3,(H3,19,20,21,22)/t16-/m1/s1. The van der Waals surface area contributed by atoms with Crippen molar-refractivity contribution in [1.29, 1.82) is 0 Å². The predicted molar refractivity (Wildman–Crippen MR) is 97.3 cm³/mol. The summed E-state index contributed by atoms with van der Waals surface area (Å²) >= 11 is 0. The van der Waals surface area contributed by atoms with Crippen molar-refractivity contribution in [2.24, 2.45) is 10.7 Å². The molecule has 0 saturated heterocycles. The molecule has 3 N–H and O–H groups in total. The average molecular weight is 337 g/mol. The first-order chi connectivity index (χ1) is 12.2. The van der Waals surface area contributed by atoms with Gasteiger partial charge in [0.05, 0.1) is 24.8 Å². The number of ether oxygens (including phenoxy) is 2. The van der Waals surface area contributed by atoms with Gasteiger partial charge in [0.25, 0.3) is 0 Å². The van der Waals surface area contributed by atoms with Gasteiger partial charge in [0.1, 0.15) is 0 Å². The maximum Gasteiger partial charge on any atom is 0.212 e. The van der Waals surface area contributed by atoms with Crippen molar-refractivity contribution in [3.8, 4) is 11.5 Å². The summed E-state index contributed by atoms with van der Waals surface area (Å²) in [6, 6.07) is 13.7. The summed E-state index contributed by atoms with van der Waals surface area (Å²) in [5, 5.41) is 3.04. The number of methoxy groups -OCH3 is 1. The molecule has 2 aromatic carbocycles. The number of rotatable bonds is 4.